The summed E-state index contributed by atoms with van der Waals surface area (Å²) in [5.41, 5.74) is 0. The van der Waals surface area contributed by atoms with Crippen molar-refractivity contribution in [3.63, 3.8) is 0 Å². The van der Waals surface area contributed by atoms with Gasteiger partial charge in [0, 0.05) is 19.1 Å². The van der Waals surface area contributed by atoms with E-state index < -0.39 is 26.7 Å². The number of rotatable bonds is 6. The van der Waals surface area contributed by atoms with Gasteiger partial charge in [-0.2, -0.15) is 4.31 Å². The van der Waals surface area contributed by atoms with E-state index in [0.717, 1.165) is 0 Å². The highest BCUT2D eigenvalue weighted by molar-refractivity contribution is 7.89. The van der Waals surface area contributed by atoms with Crippen LogP contribution < -0.4 is 0 Å². The number of carboxylic acid groups (broad SMARTS) is 1. The third-order valence-electron chi connectivity index (χ3n) is 4.22. The Bertz CT molecular complexity index is 705. The topological polar surface area (TPSA) is 77.9 Å². The van der Waals surface area contributed by atoms with Gasteiger partial charge in [0.15, 0.2) is 5.82 Å². The molecule has 0 spiro atoms. The minimum Gasteiger partial charge on any atom is -0.480 e. The predicted molar refractivity (Wildman–Crippen MR) is 88.1 cm³/mol. The van der Waals surface area contributed by atoms with Gasteiger partial charge in [0.1, 0.15) is 4.90 Å². The molecule has 0 aliphatic carbocycles. The number of hydrogen-bond acceptors (Lipinski definition) is 4. The molecule has 0 unspecified atom stereocenters. The molecule has 0 bridgehead atoms. The summed E-state index contributed by atoms with van der Waals surface area (Å²) in [7, 11) is -3.96. The van der Waals surface area contributed by atoms with Crippen molar-refractivity contribution in [3.8, 4) is 0 Å². The molecule has 0 amide bonds. The fraction of sp³-hybridized carbons (Fsp3) is 0.533. The molecule has 24 heavy (non-hydrogen) atoms. The van der Waals surface area contributed by atoms with Gasteiger partial charge in [0.05, 0.1) is 11.6 Å². The number of nitrogens with zero attached hydrogens (tertiary/aromatic N) is 2. The van der Waals surface area contributed by atoms with E-state index in [1.54, 1.807) is 0 Å². The van der Waals surface area contributed by atoms with Crippen LogP contribution in [-0.4, -0.2) is 60.9 Å². The number of sulfonamides is 1. The molecule has 9 heteroatoms. The molecule has 1 fully saturated rings. The van der Waals surface area contributed by atoms with Gasteiger partial charge in [-0.3, -0.25) is 9.69 Å². The third kappa shape index (κ3) is 4.05. The summed E-state index contributed by atoms with van der Waals surface area (Å²) < 4.78 is 40.5. The Hall–Kier alpha value is -1.22. The number of carboxylic acids is 1. The maximum absolute atomic E-state index is 14.0. The fourth-order valence-corrected chi connectivity index (χ4v) is 4.73. The van der Waals surface area contributed by atoms with Crippen LogP contribution in [0.4, 0.5) is 4.39 Å². The molecule has 1 aliphatic rings. The molecule has 0 saturated carbocycles. The Labute approximate surface area is 145 Å². The van der Waals surface area contributed by atoms with Gasteiger partial charge in [-0.1, -0.05) is 24.6 Å². The van der Waals surface area contributed by atoms with Gasteiger partial charge in [0.2, 0.25) is 10.0 Å². The predicted octanol–water partition coefficient (Wildman–Crippen LogP) is 2.04. The van der Waals surface area contributed by atoms with Crippen molar-refractivity contribution in [2.45, 2.75) is 30.7 Å². The summed E-state index contributed by atoms with van der Waals surface area (Å²) in [4.78, 5) is 12.3. The Kier molecular flexibility index (Phi) is 6.19. The van der Waals surface area contributed by atoms with Gasteiger partial charge in [-0.05, 0) is 31.5 Å². The lowest BCUT2D eigenvalue weighted by molar-refractivity contribution is -0.139. The number of likely N-dealkylation sites (N-methyl/N-ethyl adjacent to an activating group) is 1. The van der Waals surface area contributed by atoms with Gasteiger partial charge in [-0.25, -0.2) is 12.8 Å². The van der Waals surface area contributed by atoms with Crippen molar-refractivity contribution in [2.75, 3.05) is 26.2 Å². The van der Waals surface area contributed by atoms with Crippen molar-refractivity contribution in [1.29, 1.82) is 0 Å². The van der Waals surface area contributed by atoms with E-state index in [0.29, 0.717) is 19.4 Å². The first kappa shape index (κ1) is 19.1. The second kappa shape index (κ2) is 7.77. The van der Waals surface area contributed by atoms with E-state index in [9.17, 15) is 17.6 Å². The molecule has 1 aliphatic heterocycles. The Morgan fingerprint density at radius 2 is 2.04 bits per heavy atom. The lowest BCUT2D eigenvalue weighted by Gasteiger charge is -2.36. The molecular weight excluding hydrogens is 359 g/mol. The van der Waals surface area contributed by atoms with Crippen LogP contribution in [0.2, 0.25) is 5.02 Å². The summed E-state index contributed by atoms with van der Waals surface area (Å²) >= 11 is 5.67. The first-order chi connectivity index (χ1) is 11.3. The first-order valence-corrected chi connectivity index (χ1v) is 9.49. The maximum atomic E-state index is 14.0. The van der Waals surface area contributed by atoms with Crippen molar-refractivity contribution < 1.29 is 22.7 Å². The zero-order chi connectivity index (χ0) is 17.9. The molecule has 134 valence electrons. The third-order valence-corrected chi connectivity index (χ3v) is 6.43. The highest BCUT2D eigenvalue weighted by Gasteiger charge is 2.33. The number of halogens is 2. The van der Waals surface area contributed by atoms with Crippen LogP contribution in [0.15, 0.2) is 23.1 Å². The molecule has 0 atom stereocenters. The van der Waals surface area contributed by atoms with Gasteiger partial charge < -0.3 is 5.11 Å². The minimum atomic E-state index is -3.96. The molecule has 1 saturated heterocycles. The standard InChI is InChI=1S/C15H20ClFN2O4S/c1-2-18(10-14(20)21)11-6-8-19(9-7-11)24(22,23)13-5-3-4-12(16)15(13)17/h3-5,11H,2,6-10H2,1H3,(H,20,21). The van der Waals surface area contributed by atoms with Crippen LogP contribution in [-0.2, 0) is 14.8 Å². The molecule has 1 aromatic rings. The fourth-order valence-electron chi connectivity index (χ4n) is 2.94. The van der Waals surface area contributed by atoms with Crippen LogP contribution in [0.5, 0.6) is 0 Å². The molecular formula is C15H20ClFN2O4S. The molecule has 0 aromatic heterocycles. The SMILES string of the molecule is CCN(CC(=O)O)C1CCN(S(=O)(=O)c2cccc(Cl)c2F)CC1. The second-order valence-electron chi connectivity index (χ2n) is 5.64. The number of benzene rings is 1. The zero-order valence-corrected chi connectivity index (χ0v) is 14.9. The molecule has 1 N–H and O–H groups in total. The van der Waals surface area contributed by atoms with Crippen molar-refractivity contribution in [1.82, 2.24) is 9.21 Å². The molecule has 2 rings (SSSR count). The summed E-state index contributed by atoms with van der Waals surface area (Å²) in [5.74, 6) is -1.85. The first-order valence-electron chi connectivity index (χ1n) is 7.67. The maximum Gasteiger partial charge on any atom is 0.317 e. The number of hydrogen-bond donors (Lipinski definition) is 1. The average Bonchev–Trinajstić information content (AvgIpc) is 2.55. The van der Waals surface area contributed by atoms with E-state index in [2.05, 4.69) is 0 Å². The lowest BCUT2D eigenvalue weighted by atomic mass is 10.0. The van der Waals surface area contributed by atoms with E-state index >= 15 is 0 Å². The van der Waals surface area contributed by atoms with Crippen LogP contribution >= 0.6 is 11.6 Å². The summed E-state index contributed by atoms with van der Waals surface area (Å²) in [6.07, 6.45) is 1.01. The average molecular weight is 379 g/mol. The quantitative estimate of drug-likeness (QED) is 0.819. The van der Waals surface area contributed by atoms with E-state index in [-0.39, 0.29) is 30.7 Å². The van der Waals surface area contributed by atoms with Crippen LogP contribution in [0, 0.1) is 5.82 Å². The van der Waals surface area contributed by atoms with Crippen molar-refractivity contribution in [2.24, 2.45) is 0 Å². The van der Waals surface area contributed by atoms with E-state index in [4.69, 9.17) is 16.7 Å². The Balaban J connectivity index is 2.11. The monoisotopic (exact) mass is 378 g/mol. The van der Waals surface area contributed by atoms with Crippen molar-refractivity contribution in [3.05, 3.63) is 29.0 Å². The zero-order valence-electron chi connectivity index (χ0n) is 13.3. The number of carbonyl (C=O) groups is 1. The molecule has 6 nitrogen and oxygen atoms in total. The Morgan fingerprint density at radius 1 is 1.42 bits per heavy atom. The highest BCUT2D eigenvalue weighted by atomic mass is 35.5. The number of aliphatic carboxylic acids is 1. The molecule has 1 aromatic carbocycles. The lowest BCUT2D eigenvalue weighted by Crippen LogP contribution is -2.48. The van der Waals surface area contributed by atoms with Crippen LogP contribution in [0.1, 0.15) is 19.8 Å². The Morgan fingerprint density at radius 3 is 2.58 bits per heavy atom. The van der Waals surface area contributed by atoms with Gasteiger partial charge in [-0.15, -0.1) is 0 Å². The minimum absolute atomic E-state index is 0.00163. The molecule has 1 heterocycles. The summed E-state index contributed by atoms with van der Waals surface area (Å²) in [5, 5.41) is 8.70. The molecule has 0 radical (unpaired) electrons. The normalized spacial score (nSPS) is 17.3. The largest absolute Gasteiger partial charge is 0.480 e. The van der Waals surface area contributed by atoms with Gasteiger partial charge in [0.25, 0.3) is 0 Å². The van der Waals surface area contributed by atoms with E-state index in [1.807, 2.05) is 11.8 Å². The summed E-state index contributed by atoms with van der Waals surface area (Å²) in [6.45, 7) is 2.81. The highest BCUT2D eigenvalue weighted by Crippen LogP contribution is 2.27. The summed E-state index contributed by atoms with van der Waals surface area (Å²) in [6, 6.07) is 3.90. The number of piperidine rings is 1. The van der Waals surface area contributed by atoms with E-state index in [1.165, 1.54) is 22.5 Å². The van der Waals surface area contributed by atoms with Crippen molar-refractivity contribution >= 4 is 27.6 Å². The smallest absolute Gasteiger partial charge is 0.317 e. The van der Waals surface area contributed by atoms with Crippen LogP contribution in [0.3, 0.4) is 0 Å². The van der Waals surface area contributed by atoms with Gasteiger partial charge >= 0.3 is 5.97 Å². The van der Waals surface area contributed by atoms with Crippen LogP contribution in [0.25, 0.3) is 0 Å². The second-order valence-corrected chi connectivity index (χ2v) is 7.96.